The van der Waals surface area contributed by atoms with Crippen LogP contribution in [-0.4, -0.2) is 10.9 Å². The van der Waals surface area contributed by atoms with Crippen molar-refractivity contribution in [2.75, 3.05) is 5.32 Å². The number of allylic oxidation sites excluding steroid dienone is 1. The molecule has 2 rings (SSSR count). The quantitative estimate of drug-likeness (QED) is 0.591. The Bertz CT molecular complexity index is 449. The summed E-state index contributed by atoms with van der Waals surface area (Å²) in [6, 6.07) is 5.41. The van der Waals surface area contributed by atoms with E-state index in [0.717, 1.165) is 24.0 Å². The van der Waals surface area contributed by atoms with Gasteiger partial charge in [0.15, 0.2) is 5.78 Å². The number of anilines is 1. The fraction of sp³-hybridized carbons (Fsp3) is 0.308. The molecule has 0 bridgehead atoms. The summed E-state index contributed by atoms with van der Waals surface area (Å²) in [6.07, 6.45) is 4.12. The number of phenolic OH excluding ortho intramolecular Hbond substituents is 1. The molecule has 1 fully saturated rings. The van der Waals surface area contributed by atoms with Gasteiger partial charge in [-0.3, -0.25) is 4.79 Å². The van der Waals surface area contributed by atoms with Gasteiger partial charge in [0.2, 0.25) is 0 Å². The molecule has 0 spiro atoms. The van der Waals surface area contributed by atoms with E-state index in [4.69, 9.17) is 0 Å². The van der Waals surface area contributed by atoms with Gasteiger partial charge in [-0.05, 0) is 37.5 Å². The second-order valence-electron chi connectivity index (χ2n) is 4.11. The molecule has 0 aromatic heterocycles. The van der Waals surface area contributed by atoms with Crippen LogP contribution in [0.1, 0.15) is 24.8 Å². The van der Waals surface area contributed by atoms with E-state index in [1.165, 1.54) is 0 Å². The molecule has 1 aromatic carbocycles. The van der Waals surface area contributed by atoms with Gasteiger partial charge in [0.1, 0.15) is 5.75 Å². The van der Waals surface area contributed by atoms with Crippen molar-refractivity contribution in [1.82, 2.24) is 0 Å². The van der Waals surface area contributed by atoms with Crippen LogP contribution in [-0.2, 0) is 4.79 Å². The molecule has 1 aromatic rings. The highest BCUT2D eigenvalue weighted by atomic mass is 16.3. The number of ketones is 1. The molecule has 1 aliphatic rings. The topological polar surface area (TPSA) is 49.3 Å². The Morgan fingerprint density at radius 2 is 2.19 bits per heavy atom. The Morgan fingerprint density at radius 3 is 2.81 bits per heavy atom. The SMILES string of the molecule is Cc1ccc(NC=C2CCCC2=O)c(O)c1. The average molecular weight is 217 g/mol. The molecule has 2 N–H and O–H groups in total. The van der Waals surface area contributed by atoms with E-state index in [-0.39, 0.29) is 11.5 Å². The lowest BCUT2D eigenvalue weighted by molar-refractivity contribution is -0.114. The highest BCUT2D eigenvalue weighted by molar-refractivity contribution is 5.97. The lowest BCUT2D eigenvalue weighted by Gasteiger charge is -2.05. The Labute approximate surface area is 94.8 Å². The van der Waals surface area contributed by atoms with Crippen LogP contribution in [0, 0.1) is 6.92 Å². The molecular weight excluding hydrogens is 202 g/mol. The van der Waals surface area contributed by atoms with Gasteiger partial charge in [0.05, 0.1) is 5.69 Å². The molecule has 0 amide bonds. The Hall–Kier alpha value is -1.77. The zero-order chi connectivity index (χ0) is 11.5. The summed E-state index contributed by atoms with van der Waals surface area (Å²) in [5.74, 6) is 0.418. The summed E-state index contributed by atoms with van der Waals surface area (Å²) in [6.45, 7) is 1.92. The van der Waals surface area contributed by atoms with E-state index in [1.54, 1.807) is 18.3 Å². The molecule has 0 atom stereocenters. The predicted octanol–water partition coefficient (Wildman–Crippen LogP) is 2.75. The van der Waals surface area contributed by atoms with Crippen LogP contribution in [0.15, 0.2) is 30.0 Å². The highest BCUT2D eigenvalue weighted by Gasteiger charge is 2.16. The number of carbonyl (C=O) groups excluding carboxylic acids is 1. The van der Waals surface area contributed by atoms with Crippen molar-refractivity contribution in [3.05, 3.63) is 35.5 Å². The van der Waals surface area contributed by atoms with E-state index in [1.807, 2.05) is 13.0 Å². The number of hydrogen-bond acceptors (Lipinski definition) is 3. The van der Waals surface area contributed by atoms with Crippen molar-refractivity contribution in [2.45, 2.75) is 26.2 Å². The maximum Gasteiger partial charge on any atom is 0.160 e. The third-order valence-electron chi connectivity index (χ3n) is 2.76. The van der Waals surface area contributed by atoms with Crippen molar-refractivity contribution in [3.8, 4) is 5.75 Å². The fourth-order valence-corrected chi connectivity index (χ4v) is 1.82. The van der Waals surface area contributed by atoms with Crippen LogP contribution in [0.4, 0.5) is 5.69 Å². The van der Waals surface area contributed by atoms with Crippen LogP contribution in [0.2, 0.25) is 0 Å². The standard InChI is InChI=1S/C13H15NO2/c1-9-5-6-11(13(16)7-9)14-8-10-3-2-4-12(10)15/h5-8,14,16H,2-4H2,1H3. The minimum Gasteiger partial charge on any atom is -0.506 e. The van der Waals surface area contributed by atoms with E-state index in [2.05, 4.69) is 5.32 Å². The molecule has 0 radical (unpaired) electrons. The molecule has 0 unspecified atom stereocenters. The lowest BCUT2D eigenvalue weighted by atomic mass is 10.2. The number of nitrogens with one attached hydrogen (secondary N) is 1. The van der Waals surface area contributed by atoms with Crippen molar-refractivity contribution in [1.29, 1.82) is 0 Å². The minimum atomic E-state index is 0.208. The third kappa shape index (κ3) is 2.24. The molecule has 0 heterocycles. The molecule has 0 saturated heterocycles. The predicted molar refractivity (Wildman–Crippen MR) is 63.4 cm³/mol. The van der Waals surface area contributed by atoms with Crippen LogP contribution >= 0.6 is 0 Å². The smallest absolute Gasteiger partial charge is 0.160 e. The number of phenols is 1. The van der Waals surface area contributed by atoms with Crippen LogP contribution in [0.25, 0.3) is 0 Å². The summed E-state index contributed by atoms with van der Waals surface area (Å²) in [4.78, 5) is 11.4. The van der Waals surface area contributed by atoms with Gasteiger partial charge in [-0.2, -0.15) is 0 Å². The van der Waals surface area contributed by atoms with Gasteiger partial charge in [-0.1, -0.05) is 6.07 Å². The zero-order valence-corrected chi connectivity index (χ0v) is 9.29. The largest absolute Gasteiger partial charge is 0.506 e. The van der Waals surface area contributed by atoms with Gasteiger partial charge in [-0.15, -0.1) is 0 Å². The molecule has 0 aliphatic heterocycles. The Balaban J connectivity index is 2.12. The first-order valence-corrected chi connectivity index (χ1v) is 5.45. The number of hydrogen-bond donors (Lipinski definition) is 2. The maximum absolute atomic E-state index is 11.4. The summed E-state index contributed by atoms with van der Waals surface area (Å²) in [5, 5.41) is 12.6. The number of Topliss-reactive ketones (excluding diaryl/α,β-unsaturated/α-hetero) is 1. The van der Waals surface area contributed by atoms with E-state index in [9.17, 15) is 9.90 Å². The first kappa shape index (κ1) is 10.7. The molecule has 3 nitrogen and oxygen atoms in total. The summed E-state index contributed by atoms with van der Waals surface area (Å²) in [7, 11) is 0. The maximum atomic E-state index is 11.4. The van der Waals surface area contributed by atoms with Gasteiger partial charge >= 0.3 is 0 Å². The van der Waals surface area contributed by atoms with Gasteiger partial charge < -0.3 is 10.4 Å². The molecule has 84 valence electrons. The number of benzene rings is 1. The molecule has 1 saturated carbocycles. The van der Waals surface area contributed by atoms with E-state index >= 15 is 0 Å². The second-order valence-corrected chi connectivity index (χ2v) is 4.11. The molecule has 16 heavy (non-hydrogen) atoms. The highest BCUT2D eigenvalue weighted by Crippen LogP contribution is 2.25. The van der Waals surface area contributed by atoms with E-state index < -0.39 is 0 Å². The first-order chi connectivity index (χ1) is 7.66. The van der Waals surface area contributed by atoms with Crippen LogP contribution < -0.4 is 5.32 Å². The van der Waals surface area contributed by atoms with E-state index in [0.29, 0.717) is 12.1 Å². The van der Waals surface area contributed by atoms with Gasteiger partial charge in [0, 0.05) is 18.2 Å². The number of carbonyl (C=O) groups is 1. The molecule has 1 aliphatic carbocycles. The normalized spacial score (nSPS) is 18.1. The van der Waals surface area contributed by atoms with Crippen molar-refractivity contribution < 1.29 is 9.90 Å². The zero-order valence-electron chi connectivity index (χ0n) is 9.29. The van der Waals surface area contributed by atoms with Crippen LogP contribution in [0.3, 0.4) is 0 Å². The molecule has 3 heteroatoms. The number of rotatable bonds is 2. The number of aromatic hydroxyl groups is 1. The van der Waals surface area contributed by atoms with Crippen molar-refractivity contribution in [2.24, 2.45) is 0 Å². The Kier molecular flexibility index (Phi) is 2.95. The average Bonchev–Trinajstić information content (AvgIpc) is 2.63. The Morgan fingerprint density at radius 1 is 1.38 bits per heavy atom. The lowest BCUT2D eigenvalue weighted by Crippen LogP contribution is -1.96. The second kappa shape index (κ2) is 4.39. The molecular formula is C13H15NO2. The third-order valence-corrected chi connectivity index (χ3v) is 2.76. The number of aryl methyl sites for hydroxylation is 1. The summed E-state index contributed by atoms with van der Waals surface area (Å²) in [5.41, 5.74) is 2.46. The van der Waals surface area contributed by atoms with Gasteiger partial charge in [0.25, 0.3) is 0 Å². The van der Waals surface area contributed by atoms with Crippen LogP contribution in [0.5, 0.6) is 5.75 Å². The monoisotopic (exact) mass is 217 g/mol. The van der Waals surface area contributed by atoms with Crippen molar-refractivity contribution in [3.63, 3.8) is 0 Å². The fourth-order valence-electron chi connectivity index (χ4n) is 1.82. The minimum absolute atomic E-state index is 0.208. The van der Waals surface area contributed by atoms with Crippen molar-refractivity contribution >= 4 is 11.5 Å². The first-order valence-electron chi connectivity index (χ1n) is 5.45. The summed E-state index contributed by atoms with van der Waals surface area (Å²) < 4.78 is 0. The van der Waals surface area contributed by atoms with Gasteiger partial charge in [-0.25, -0.2) is 0 Å². The summed E-state index contributed by atoms with van der Waals surface area (Å²) >= 11 is 0.